The zero-order valence-electron chi connectivity index (χ0n) is 14.4. The van der Waals surface area contributed by atoms with E-state index in [1.165, 1.54) is 0 Å². The van der Waals surface area contributed by atoms with Crippen LogP contribution in [0.15, 0.2) is 22.8 Å². The van der Waals surface area contributed by atoms with Crippen LogP contribution < -0.4 is 10.6 Å². The van der Waals surface area contributed by atoms with E-state index >= 15 is 0 Å². The third-order valence-corrected chi connectivity index (χ3v) is 5.44. The molecule has 0 saturated heterocycles. The number of alkyl halides is 3. The third-order valence-electron chi connectivity index (χ3n) is 4.67. The summed E-state index contributed by atoms with van der Waals surface area (Å²) < 4.78 is 40.1. The van der Waals surface area contributed by atoms with Crippen molar-refractivity contribution in [1.82, 2.24) is 20.0 Å². The van der Waals surface area contributed by atoms with Gasteiger partial charge >= 0.3 is 6.18 Å². The number of imidazole rings is 1. The van der Waals surface area contributed by atoms with Crippen molar-refractivity contribution < 1.29 is 13.2 Å². The number of halogens is 4. The predicted octanol–water partition coefficient (Wildman–Crippen LogP) is 4.05. The summed E-state index contributed by atoms with van der Waals surface area (Å²) >= 11 is 1.58. The van der Waals surface area contributed by atoms with Crippen LogP contribution in [-0.2, 0) is 6.54 Å². The standard InChI is InChI=1S/C16H22F3N5S.HI/c1-20-14(22-9-13-10-24-6-7-25-15(24)23-13)21-8-11-2-4-12(5-3-11)16(17,18)19;/h6-7,10-12H,2-5,8-9H2,1H3,(H2,20,21,22);1H. The second-order valence-electron chi connectivity index (χ2n) is 6.39. The van der Waals surface area contributed by atoms with E-state index in [9.17, 15) is 13.2 Å². The fourth-order valence-electron chi connectivity index (χ4n) is 3.19. The Bertz CT molecular complexity index is 690. The molecular formula is C16H23F3IN5S. The van der Waals surface area contributed by atoms with Crippen LogP contribution in [0.3, 0.4) is 0 Å². The molecule has 2 heterocycles. The summed E-state index contributed by atoms with van der Waals surface area (Å²) in [5, 5.41) is 8.39. The van der Waals surface area contributed by atoms with Crippen molar-refractivity contribution in [1.29, 1.82) is 0 Å². The Morgan fingerprint density at radius 2 is 2.04 bits per heavy atom. The van der Waals surface area contributed by atoms with Crippen LogP contribution in [0.2, 0.25) is 0 Å². The Morgan fingerprint density at radius 3 is 2.65 bits per heavy atom. The van der Waals surface area contributed by atoms with Crippen molar-refractivity contribution in [2.75, 3.05) is 13.6 Å². The van der Waals surface area contributed by atoms with Crippen molar-refractivity contribution in [2.45, 2.75) is 38.4 Å². The molecule has 0 radical (unpaired) electrons. The third kappa shape index (κ3) is 5.48. The molecule has 2 aromatic rings. The molecule has 3 rings (SSSR count). The highest BCUT2D eigenvalue weighted by atomic mass is 127. The Labute approximate surface area is 171 Å². The number of hydrogen-bond acceptors (Lipinski definition) is 3. The number of fused-ring (bicyclic) bond motifs is 1. The summed E-state index contributed by atoms with van der Waals surface area (Å²) in [5.41, 5.74) is 0.917. The maximum absolute atomic E-state index is 12.7. The fourth-order valence-corrected chi connectivity index (χ4v) is 3.91. The summed E-state index contributed by atoms with van der Waals surface area (Å²) in [6.07, 6.45) is 1.54. The zero-order chi connectivity index (χ0) is 17.9. The molecule has 0 unspecified atom stereocenters. The summed E-state index contributed by atoms with van der Waals surface area (Å²) in [7, 11) is 1.68. The monoisotopic (exact) mass is 501 g/mol. The number of guanidine groups is 1. The largest absolute Gasteiger partial charge is 0.391 e. The van der Waals surface area contributed by atoms with Crippen molar-refractivity contribution in [3.8, 4) is 0 Å². The molecule has 0 aromatic carbocycles. The minimum absolute atomic E-state index is 0. The van der Waals surface area contributed by atoms with Crippen LogP contribution in [0.1, 0.15) is 31.4 Å². The van der Waals surface area contributed by atoms with E-state index in [1.807, 2.05) is 22.2 Å². The highest BCUT2D eigenvalue weighted by Gasteiger charge is 2.41. The highest BCUT2D eigenvalue weighted by Crippen LogP contribution is 2.39. The molecule has 0 amide bonds. The Kier molecular flexibility index (Phi) is 7.56. The summed E-state index contributed by atoms with van der Waals surface area (Å²) in [6, 6.07) is 0. The molecule has 0 spiro atoms. The van der Waals surface area contributed by atoms with Gasteiger partial charge in [-0.25, -0.2) is 4.98 Å². The Morgan fingerprint density at radius 1 is 1.31 bits per heavy atom. The van der Waals surface area contributed by atoms with E-state index < -0.39 is 12.1 Å². The van der Waals surface area contributed by atoms with Gasteiger partial charge in [0.05, 0.1) is 18.2 Å². The van der Waals surface area contributed by atoms with Crippen molar-refractivity contribution in [3.05, 3.63) is 23.5 Å². The Hall–Kier alpha value is -1.04. The van der Waals surface area contributed by atoms with Gasteiger partial charge in [0, 0.05) is 31.4 Å². The van der Waals surface area contributed by atoms with Gasteiger partial charge in [-0.3, -0.25) is 9.39 Å². The maximum Gasteiger partial charge on any atom is 0.391 e. The van der Waals surface area contributed by atoms with E-state index in [-0.39, 0.29) is 42.7 Å². The smallest absolute Gasteiger partial charge is 0.356 e. The van der Waals surface area contributed by atoms with Crippen molar-refractivity contribution in [2.24, 2.45) is 16.8 Å². The van der Waals surface area contributed by atoms with Crippen molar-refractivity contribution >= 4 is 46.2 Å². The van der Waals surface area contributed by atoms with Gasteiger partial charge in [0.1, 0.15) is 0 Å². The molecule has 1 fully saturated rings. The number of aromatic nitrogens is 2. The molecular weight excluding hydrogens is 478 g/mol. The lowest BCUT2D eigenvalue weighted by Gasteiger charge is -2.30. The van der Waals surface area contributed by atoms with E-state index in [0.717, 1.165) is 10.7 Å². The molecule has 1 aliphatic rings. The van der Waals surface area contributed by atoms with Crippen LogP contribution in [0.25, 0.3) is 4.96 Å². The first-order chi connectivity index (χ1) is 12.0. The zero-order valence-corrected chi connectivity index (χ0v) is 17.6. The molecule has 0 bridgehead atoms. The molecule has 146 valence electrons. The average Bonchev–Trinajstić information content (AvgIpc) is 3.16. The first-order valence-corrected chi connectivity index (χ1v) is 9.26. The first kappa shape index (κ1) is 21.3. The van der Waals surface area contributed by atoms with E-state index in [1.54, 1.807) is 18.4 Å². The molecule has 5 nitrogen and oxygen atoms in total. The topological polar surface area (TPSA) is 53.7 Å². The molecule has 0 aliphatic heterocycles. The predicted molar refractivity (Wildman–Crippen MR) is 108 cm³/mol. The van der Waals surface area contributed by atoms with Crippen LogP contribution in [-0.4, -0.2) is 35.1 Å². The SMILES string of the molecule is CN=C(NCc1cn2ccsc2n1)NCC1CCC(C(F)(F)F)CC1.I. The van der Waals surface area contributed by atoms with Gasteiger partial charge in [0.15, 0.2) is 10.9 Å². The lowest BCUT2D eigenvalue weighted by atomic mass is 9.81. The van der Waals surface area contributed by atoms with Crippen LogP contribution in [0.5, 0.6) is 0 Å². The van der Waals surface area contributed by atoms with Gasteiger partial charge in [0.2, 0.25) is 0 Å². The van der Waals surface area contributed by atoms with Crippen LogP contribution >= 0.6 is 35.3 Å². The van der Waals surface area contributed by atoms with Gasteiger partial charge in [-0.1, -0.05) is 0 Å². The molecule has 0 atom stereocenters. The number of thiazole rings is 1. The second-order valence-corrected chi connectivity index (χ2v) is 7.26. The molecule has 2 aromatic heterocycles. The lowest BCUT2D eigenvalue weighted by molar-refractivity contribution is -0.183. The number of hydrogen-bond donors (Lipinski definition) is 2. The molecule has 1 aliphatic carbocycles. The van der Waals surface area contributed by atoms with E-state index in [0.29, 0.717) is 31.9 Å². The average molecular weight is 501 g/mol. The quantitative estimate of drug-likeness (QED) is 0.378. The maximum atomic E-state index is 12.7. The lowest BCUT2D eigenvalue weighted by Crippen LogP contribution is -2.40. The summed E-state index contributed by atoms with van der Waals surface area (Å²) in [4.78, 5) is 9.60. The molecule has 1 saturated carbocycles. The van der Waals surface area contributed by atoms with E-state index in [4.69, 9.17) is 0 Å². The van der Waals surface area contributed by atoms with Gasteiger partial charge in [-0.05, 0) is 31.6 Å². The number of aliphatic imine (C=N–C) groups is 1. The first-order valence-electron chi connectivity index (χ1n) is 8.38. The molecule has 2 N–H and O–H groups in total. The van der Waals surface area contributed by atoms with E-state index in [2.05, 4.69) is 20.6 Å². The minimum atomic E-state index is -4.05. The van der Waals surface area contributed by atoms with Gasteiger partial charge in [-0.15, -0.1) is 35.3 Å². The van der Waals surface area contributed by atoms with Crippen LogP contribution in [0, 0.1) is 11.8 Å². The van der Waals surface area contributed by atoms with Crippen LogP contribution in [0.4, 0.5) is 13.2 Å². The summed E-state index contributed by atoms with van der Waals surface area (Å²) in [5.74, 6) is -0.222. The van der Waals surface area contributed by atoms with Crippen molar-refractivity contribution in [3.63, 3.8) is 0 Å². The highest BCUT2D eigenvalue weighted by molar-refractivity contribution is 14.0. The number of nitrogens with one attached hydrogen (secondary N) is 2. The van der Waals surface area contributed by atoms with Gasteiger partial charge < -0.3 is 10.6 Å². The normalized spacial score (nSPS) is 21.5. The number of nitrogens with zero attached hydrogens (tertiary/aromatic N) is 3. The molecule has 10 heteroatoms. The molecule has 26 heavy (non-hydrogen) atoms. The Balaban J connectivity index is 0.00000243. The van der Waals surface area contributed by atoms with Gasteiger partial charge in [0.25, 0.3) is 0 Å². The number of rotatable bonds is 4. The second kappa shape index (κ2) is 9.25. The van der Waals surface area contributed by atoms with Gasteiger partial charge in [-0.2, -0.15) is 13.2 Å². The minimum Gasteiger partial charge on any atom is -0.356 e. The summed E-state index contributed by atoms with van der Waals surface area (Å²) in [6.45, 7) is 1.19. The fraction of sp³-hybridized carbons (Fsp3) is 0.625.